The molecule has 2 aromatic heterocycles. The number of fused-ring (bicyclic) bond motifs is 1. The van der Waals surface area contributed by atoms with Crippen LogP contribution in [0.4, 0.5) is 5.95 Å². The number of esters is 1. The first-order chi connectivity index (χ1) is 15.8. The molecule has 2 heterocycles. The van der Waals surface area contributed by atoms with Gasteiger partial charge in [0.25, 0.3) is 13.1 Å². The molecule has 0 saturated heterocycles. The number of aromatic amines is 1. The van der Waals surface area contributed by atoms with Crippen LogP contribution < -0.4 is 16.4 Å². The van der Waals surface area contributed by atoms with Crippen molar-refractivity contribution >= 4 is 30.6 Å². The molecule has 13 heteroatoms. The summed E-state index contributed by atoms with van der Waals surface area (Å²) in [5, 5.41) is 2.73. The predicted octanol–water partition coefficient (Wildman–Crippen LogP) is 1.63. The number of nitrogens with zero attached hydrogens (tertiary/aromatic N) is 3. The smallest absolute Gasteiger partial charge is 0.323 e. The van der Waals surface area contributed by atoms with Gasteiger partial charge in [0.2, 0.25) is 5.95 Å². The molecule has 4 N–H and O–H groups in total. The summed E-state index contributed by atoms with van der Waals surface area (Å²) >= 11 is 0. The second-order valence-electron chi connectivity index (χ2n) is 7.13. The molecule has 33 heavy (non-hydrogen) atoms. The number of carbonyl (C=O) groups excluding carboxylic acids is 1. The minimum absolute atomic E-state index is 0.0221. The molecule has 0 saturated carbocycles. The summed E-state index contributed by atoms with van der Waals surface area (Å²) in [5.41, 5.74) is 6.46. The number of ether oxygens (including phenoxy) is 2. The molecule has 0 radical (unpaired) electrons. The van der Waals surface area contributed by atoms with Crippen molar-refractivity contribution in [2.45, 2.75) is 33.0 Å². The number of H-pyrrole nitrogens is 1. The standard InChI is InChI=1S/C20H27N6O6P/c1-3-31-19(28)14(2)25-33(29,32-11-15-7-5-4-6-8-15)13-30-10-9-26-12-22-16-17(26)23-20(21)24-18(16)27/h4-8,12,14H,3,9-11,13H2,1-2H3,(H,25,29)(H3,21,23,24,27)/t14-,33?/m1/s1. The van der Waals surface area contributed by atoms with Crippen molar-refractivity contribution in [1.29, 1.82) is 0 Å². The minimum atomic E-state index is -3.58. The van der Waals surface area contributed by atoms with E-state index in [-0.39, 0.29) is 44.2 Å². The summed E-state index contributed by atoms with van der Waals surface area (Å²) in [6, 6.07) is 8.37. The quantitative estimate of drug-likeness (QED) is 0.198. The summed E-state index contributed by atoms with van der Waals surface area (Å²) in [6.45, 7) is 3.91. The first-order valence-corrected chi connectivity index (χ1v) is 12.1. The number of hydrogen-bond acceptors (Lipinski definition) is 9. The second kappa shape index (κ2) is 11.2. The number of nitrogen functional groups attached to an aromatic ring is 1. The molecule has 0 fully saturated rings. The maximum atomic E-state index is 13.4. The van der Waals surface area contributed by atoms with Crippen LogP contribution >= 0.6 is 7.52 Å². The van der Waals surface area contributed by atoms with E-state index in [4.69, 9.17) is 19.7 Å². The molecule has 0 aliphatic heterocycles. The van der Waals surface area contributed by atoms with Crippen molar-refractivity contribution in [2.24, 2.45) is 0 Å². The largest absolute Gasteiger partial charge is 0.465 e. The number of carbonyl (C=O) groups is 1. The zero-order valence-corrected chi connectivity index (χ0v) is 19.3. The van der Waals surface area contributed by atoms with Gasteiger partial charge < -0.3 is 24.3 Å². The van der Waals surface area contributed by atoms with Crippen molar-refractivity contribution in [3.63, 3.8) is 0 Å². The van der Waals surface area contributed by atoms with Gasteiger partial charge in [-0.05, 0) is 19.4 Å². The number of hydrogen-bond donors (Lipinski definition) is 3. The highest BCUT2D eigenvalue weighted by atomic mass is 31.2. The van der Waals surface area contributed by atoms with Gasteiger partial charge in [0, 0.05) is 6.54 Å². The number of benzene rings is 1. The zero-order valence-electron chi connectivity index (χ0n) is 18.4. The van der Waals surface area contributed by atoms with Gasteiger partial charge >= 0.3 is 5.97 Å². The Labute approximate surface area is 190 Å². The normalized spacial score (nSPS) is 14.1. The number of anilines is 1. The highest BCUT2D eigenvalue weighted by molar-refractivity contribution is 7.56. The summed E-state index contributed by atoms with van der Waals surface area (Å²) in [5.74, 6) is -0.564. The molecule has 0 aliphatic rings. The Morgan fingerprint density at radius 1 is 1.33 bits per heavy atom. The van der Waals surface area contributed by atoms with Gasteiger partial charge in [0.1, 0.15) is 12.4 Å². The topological polar surface area (TPSA) is 163 Å². The van der Waals surface area contributed by atoms with Crippen LogP contribution in [0.25, 0.3) is 11.2 Å². The van der Waals surface area contributed by atoms with E-state index in [0.29, 0.717) is 5.65 Å². The summed E-state index contributed by atoms with van der Waals surface area (Å²) in [7, 11) is -3.58. The Morgan fingerprint density at radius 2 is 2.09 bits per heavy atom. The lowest BCUT2D eigenvalue weighted by molar-refractivity contribution is -0.144. The third-order valence-electron chi connectivity index (χ3n) is 4.54. The summed E-state index contributed by atoms with van der Waals surface area (Å²) in [4.78, 5) is 34.4. The Kier molecular flexibility index (Phi) is 8.34. The summed E-state index contributed by atoms with van der Waals surface area (Å²) in [6.07, 6.45) is 1.16. The van der Waals surface area contributed by atoms with Gasteiger partial charge in [-0.15, -0.1) is 0 Å². The Morgan fingerprint density at radius 3 is 2.82 bits per heavy atom. The van der Waals surface area contributed by atoms with Gasteiger partial charge in [-0.1, -0.05) is 30.3 Å². The van der Waals surface area contributed by atoms with E-state index >= 15 is 0 Å². The Hall–Kier alpha value is -3.05. The van der Waals surface area contributed by atoms with Crippen molar-refractivity contribution in [3.8, 4) is 0 Å². The van der Waals surface area contributed by atoms with E-state index in [1.165, 1.54) is 6.33 Å². The van der Waals surface area contributed by atoms with Gasteiger partial charge in [-0.2, -0.15) is 4.98 Å². The number of aromatic nitrogens is 4. The van der Waals surface area contributed by atoms with Gasteiger partial charge in [0.05, 0.1) is 26.1 Å². The monoisotopic (exact) mass is 478 g/mol. The van der Waals surface area contributed by atoms with Crippen LogP contribution in [0, 0.1) is 0 Å². The highest BCUT2D eigenvalue weighted by Gasteiger charge is 2.29. The fourth-order valence-corrected chi connectivity index (χ4v) is 4.61. The number of imidazole rings is 1. The number of rotatable bonds is 12. The number of nitrogens with one attached hydrogen (secondary N) is 2. The minimum Gasteiger partial charge on any atom is -0.465 e. The van der Waals surface area contributed by atoms with E-state index in [2.05, 4.69) is 20.0 Å². The molecule has 1 aromatic carbocycles. The van der Waals surface area contributed by atoms with Crippen LogP contribution in [0.5, 0.6) is 0 Å². The molecule has 0 amide bonds. The predicted molar refractivity (Wildman–Crippen MR) is 121 cm³/mol. The van der Waals surface area contributed by atoms with E-state index < -0.39 is 25.1 Å². The SMILES string of the molecule is CCOC(=O)[C@@H](C)NP(=O)(COCCn1cnc2c(=O)[nH]c(N)nc21)OCc1ccccc1. The fourth-order valence-electron chi connectivity index (χ4n) is 2.96. The molecule has 1 unspecified atom stereocenters. The summed E-state index contributed by atoms with van der Waals surface area (Å²) < 4.78 is 31.3. The first kappa shape index (κ1) is 24.6. The van der Waals surface area contributed by atoms with Crippen LogP contribution in [-0.4, -0.2) is 51.1 Å². The molecule has 2 atom stereocenters. The van der Waals surface area contributed by atoms with Crippen LogP contribution in [0.1, 0.15) is 19.4 Å². The van der Waals surface area contributed by atoms with Crippen molar-refractivity contribution < 1.29 is 23.4 Å². The zero-order chi connectivity index (χ0) is 23.8. The van der Waals surface area contributed by atoms with Crippen LogP contribution in [0.15, 0.2) is 41.5 Å². The average Bonchev–Trinajstić information content (AvgIpc) is 3.19. The molecule has 178 valence electrons. The molecular formula is C20H27N6O6P. The van der Waals surface area contributed by atoms with Crippen molar-refractivity contribution in [1.82, 2.24) is 24.6 Å². The third kappa shape index (κ3) is 6.72. The second-order valence-corrected chi connectivity index (χ2v) is 9.26. The molecule has 3 aromatic rings. The van der Waals surface area contributed by atoms with Crippen molar-refractivity contribution in [3.05, 3.63) is 52.6 Å². The lowest BCUT2D eigenvalue weighted by Gasteiger charge is -2.23. The maximum Gasteiger partial charge on any atom is 0.323 e. The van der Waals surface area contributed by atoms with E-state index in [1.54, 1.807) is 18.4 Å². The van der Waals surface area contributed by atoms with Crippen LogP contribution in [-0.2, 0) is 36.5 Å². The van der Waals surface area contributed by atoms with E-state index in [1.807, 2.05) is 30.3 Å². The first-order valence-electron chi connectivity index (χ1n) is 10.3. The van der Waals surface area contributed by atoms with Gasteiger partial charge in [-0.25, -0.2) is 10.1 Å². The molecule has 12 nitrogen and oxygen atoms in total. The lowest BCUT2D eigenvalue weighted by Crippen LogP contribution is -2.34. The fraction of sp³-hybridized carbons (Fsp3) is 0.400. The maximum absolute atomic E-state index is 13.4. The van der Waals surface area contributed by atoms with Gasteiger partial charge in [0.15, 0.2) is 11.2 Å². The highest BCUT2D eigenvalue weighted by Crippen LogP contribution is 2.44. The van der Waals surface area contributed by atoms with E-state index in [0.717, 1.165) is 5.56 Å². The van der Waals surface area contributed by atoms with Crippen LogP contribution in [0.2, 0.25) is 0 Å². The Balaban J connectivity index is 1.63. The molecule has 3 rings (SSSR count). The average molecular weight is 478 g/mol. The molecular weight excluding hydrogens is 451 g/mol. The third-order valence-corrected chi connectivity index (χ3v) is 6.39. The van der Waals surface area contributed by atoms with Gasteiger partial charge in [-0.3, -0.25) is 19.1 Å². The van der Waals surface area contributed by atoms with Crippen LogP contribution in [0.3, 0.4) is 0 Å². The molecule has 0 spiro atoms. The Bertz CT molecular complexity index is 1180. The lowest BCUT2D eigenvalue weighted by atomic mass is 10.2. The molecule has 0 aliphatic carbocycles. The van der Waals surface area contributed by atoms with Crippen molar-refractivity contribution in [2.75, 3.05) is 25.3 Å². The number of nitrogens with two attached hydrogens (primary N) is 1. The van der Waals surface area contributed by atoms with E-state index in [9.17, 15) is 14.2 Å². The molecule has 0 bridgehead atoms.